The van der Waals surface area contributed by atoms with Gasteiger partial charge in [0.1, 0.15) is 11.6 Å². The first-order valence-electron chi connectivity index (χ1n) is 10.8. The molecule has 1 unspecified atom stereocenters. The number of rotatable bonds is 9. The third-order valence-electron chi connectivity index (χ3n) is 5.02. The zero-order valence-corrected chi connectivity index (χ0v) is 20.5. The fourth-order valence-electron chi connectivity index (χ4n) is 3.29. The Morgan fingerprint density at radius 1 is 0.879 bits per heavy atom. The summed E-state index contributed by atoms with van der Waals surface area (Å²) in [6.07, 6.45) is 1.82. The number of hydrogen-bond acceptors (Lipinski definition) is 5. The highest BCUT2D eigenvalue weighted by atomic mass is 32.2. The van der Waals surface area contributed by atoms with E-state index in [9.17, 15) is 8.78 Å². The van der Waals surface area contributed by atoms with E-state index in [1.165, 1.54) is 24.3 Å². The number of halogens is 2. The highest BCUT2D eigenvalue weighted by Gasteiger charge is 2.20. The Morgan fingerprint density at radius 2 is 1.48 bits per heavy atom. The highest BCUT2D eigenvalue weighted by molar-refractivity contribution is 8.17. The van der Waals surface area contributed by atoms with Gasteiger partial charge in [0, 0.05) is 28.6 Å². The molecule has 1 fully saturated rings. The van der Waals surface area contributed by atoms with Gasteiger partial charge in [-0.3, -0.25) is 0 Å². The summed E-state index contributed by atoms with van der Waals surface area (Å²) in [6, 6.07) is 23.1. The van der Waals surface area contributed by atoms with Crippen LogP contribution >= 0.6 is 35.3 Å². The standard InChI is InChI=1S/C26H25F2NOS3/c27-20-6-10-23(11-7-20)32-26(33-24-12-8-21(28)9-13-24)16-25(29-22-4-2-1-3-5-22)31-18-19-14-15-30-17-19/h1-13,19,26H,14-18H2. The van der Waals surface area contributed by atoms with Gasteiger partial charge in [0.05, 0.1) is 21.9 Å². The average molecular weight is 502 g/mol. The maximum Gasteiger partial charge on any atom is 0.123 e. The van der Waals surface area contributed by atoms with Crippen molar-refractivity contribution in [3.05, 3.63) is 90.5 Å². The topological polar surface area (TPSA) is 21.6 Å². The lowest BCUT2D eigenvalue weighted by Crippen LogP contribution is -2.09. The molecule has 0 bridgehead atoms. The summed E-state index contributed by atoms with van der Waals surface area (Å²) in [5, 5.41) is 1.06. The second-order valence-corrected chi connectivity index (χ2v) is 11.6. The molecule has 3 aromatic carbocycles. The van der Waals surface area contributed by atoms with Crippen molar-refractivity contribution >= 4 is 46.0 Å². The van der Waals surface area contributed by atoms with Gasteiger partial charge < -0.3 is 4.74 Å². The van der Waals surface area contributed by atoms with E-state index in [2.05, 4.69) is 0 Å². The summed E-state index contributed by atoms with van der Waals surface area (Å²) in [5.41, 5.74) is 0.931. The molecular formula is C26H25F2NOS3. The minimum atomic E-state index is -0.247. The molecule has 33 heavy (non-hydrogen) atoms. The number of thioether (sulfide) groups is 3. The first kappa shape index (κ1) is 24.3. The monoisotopic (exact) mass is 501 g/mol. The average Bonchev–Trinajstić information content (AvgIpc) is 3.35. The Balaban J connectivity index is 1.54. The van der Waals surface area contributed by atoms with E-state index >= 15 is 0 Å². The van der Waals surface area contributed by atoms with Crippen LogP contribution in [0, 0.1) is 17.6 Å². The Hall–Kier alpha value is -1.80. The lowest BCUT2D eigenvalue weighted by Gasteiger charge is -2.18. The molecule has 0 aromatic heterocycles. The van der Waals surface area contributed by atoms with E-state index in [0.717, 1.165) is 52.3 Å². The fraction of sp³-hybridized carbons (Fsp3) is 0.269. The van der Waals surface area contributed by atoms with Gasteiger partial charge in [0.2, 0.25) is 0 Å². The third kappa shape index (κ3) is 8.18. The van der Waals surface area contributed by atoms with Crippen molar-refractivity contribution in [1.82, 2.24) is 0 Å². The number of nitrogens with zero attached hydrogens (tertiary/aromatic N) is 1. The van der Waals surface area contributed by atoms with Gasteiger partial charge in [-0.25, -0.2) is 13.8 Å². The summed E-state index contributed by atoms with van der Waals surface area (Å²) < 4.78 is 32.5. The van der Waals surface area contributed by atoms with Crippen LogP contribution < -0.4 is 0 Å². The maximum atomic E-state index is 13.4. The molecule has 1 heterocycles. The van der Waals surface area contributed by atoms with Crippen LogP contribution in [-0.2, 0) is 4.74 Å². The van der Waals surface area contributed by atoms with Crippen molar-refractivity contribution in [3.63, 3.8) is 0 Å². The number of ether oxygens (including phenoxy) is 1. The minimum Gasteiger partial charge on any atom is -0.381 e. The van der Waals surface area contributed by atoms with Crippen LogP contribution in [0.15, 0.2) is 93.6 Å². The van der Waals surface area contributed by atoms with Gasteiger partial charge >= 0.3 is 0 Å². The van der Waals surface area contributed by atoms with Crippen molar-refractivity contribution in [2.24, 2.45) is 10.9 Å². The van der Waals surface area contributed by atoms with Crippen molar-refractivity contribution in [2.45, 2.75) is 27.2 Å². The fourth-order valence-corrected chi connectivity index (χ4v) is 7.18. The first-order chi connectivity index (χ1) is 16.1. The molecule has 2 nitrogen and oxygen atoms in total. The van der Waals surface area contributed by atoms with E-state index in [-0.39, 0.29) is 16.2 Å². The van der Waals surface area contributed by atoms with Gasteiger partial charge in [0.25, 0.3) is 0 Å². The molecule has 1 aliphatic rings. The Labute approximate surface area is 206 Å². The summed E-state index contributed by atoms with van der Waals surface area (Å²) in [5.74, 6) is 1.02. The molecule has 0 spiro atoms. The third-order valence-corrected chi connectivity index (χ3v) is 8.78. The van der Waals surface area contributed by atoms with E-state index in [0.29, 0.717) is 5.92 Å². The molecule has 172 valence electrons. The summed E-state index contributed by atoms with van der Waals surface area (Å²) in [6.45, 7) is 1.64. The van der Waals surface area contributed by atoms with Crippen LogP contribution in [-0.4, -0.2) is 28.6 Å². The SMILES string of the molecule is Fc1ccc(SC(CC(=Nc2ccccc2)SCC2CCOC2)Sc2ccc(F)cc2)cc1. The molecule has 0 N–H and O–H groups in total. The lowest BCUT2D eigenvalue weighted by molar-refractivity contribution is 0.189. The predicted octanol–water partition coefficient (Wildman–Crippen LogP) is 8.07. The van der Waals surface area contributed by atoms with Crippen LogP contribution in [0.4, 0.5) is 14.5 Å². The van der Waals surface area contributed by atoms with Crippen LogP contribution in [0.25, 0.3) is 0 Å². The molecule has 1 saturated heterocycles. The van der Waals surface area contributed by atoms with Crippen LogP contribution in [0.5, 0.6) is 0 Å². The van der Waals surface area contributed by atoms with Gasteiger partial charge in [-0.05, 0) is 73.0 Å². The van der Waals surface area contributed by atoms with Crippen LogP contribution in [0.3, 0.4) is 0 Å². The molecule has 3 aromatic rings. The van der Waals surface area contributed by atoms with E-state index < -0.39 is 0 Å². The second-order valence-electron chi connectivity index (χ2n) is 7.66. The molecule has 1 aliphatic heterocycles. The van der Waals surface area contributed by atoms with E-state index in [1.54, 1.807) is 59.6 Å². The van der Waals surface area contributed by atoms with E-state index in [4.69, 9.17) is 9.73 Å². The van der Waals surface area contributed by atoms with Gasteiger partial charge in [0.15, 0.2) is 0 Å². The Bertz CT molecular complexity index is 976. The molecule has 0 amide bonds. The molecule has 1 atom stereocenters. The zero-order valence-electron chi connectivity index (χ0n) is 18.0. The normalized spacial score (nSPS) is 16.5. The summed E-state index contributed by atoms with van der Waals surface area (Å²) >= 11 is 5.15. The number of aliphatic imine (C=N–C) groups is 1. The van der Waals surface area contributed by atoms with Crippen molar-refractivity contribution in [1.29, 1.82) is 0 Å². The maximum absolute atomic E-state index is 13.4. The van der Waals surface area contributed by atoms with Crippen LogP contribution in [0.2, 0.25) is 0 Å². The van der Waals surface area contributed by atoms with Crippen molar-refractivity contribution < 1.29 is 13.5 Å². The largest absolute Gasteiger partial charge is 0.381 e. The summed E-state index contributed by atoms with van der Waals surface area (Å²) in [7, 11) is 0. The van der Waals surface area contributed by atoms with Gasteiger partial charge in [-0.1, -0.05) is 18.2 Å². The van der Waals surface area contributed by atoms with E-state index in [1.807, 2.05) is 30.3 Å². The van der Waals surface area contributed by atoms with Crippen LogP contribution in [0.1, 0.15) is 12.8 Å². The molecular weight excluding hydrogens is 476 g/mol. The van der Waals surface area contributed by atoms with Crippen molar-refractivity contribution in [2.75, 3.05) is 19.0 Å². The Kier molecular flexibility index (Phi) is 9.29. The Morgan fingerprint density at radius 3 is 2.03 bits per heavy atom. The van der Waals surface area contributed by atoms with Crippen molar-refractivity contribution in [3.8, 4) is 0 Å². The zero-order chi connectivity index (χ0) is 22.9. The number of para-hydroxylation sites is 1. The number of hydrogen-bond donors (Lipinski definition) is 0. The molecule has 0 radical (unpaired) electrons. The van der Waals surface area contributed by atoms with Gasteiger partial charge in [-0.2, -0.15) is 0 Å². The molecule has 0 saturated carbocycles. The molecule has 4 rings (SSSR count). The first-order valence-corrected chi connectivity index (χ1v) is 13.6. The quantitative estimate of drug-likeness (QED) is 0.128. The lowest BCUT2D eigenvalue weighted by atomic mass is 10.2. The molecule has 7 heteroatoms. The summed E-state index contributed by atoms with van der Waals surface area (Å²) in [4.78, 5) is 6.94. The predicted molar refractivity (Wildman–Crippen MR) is 138 cm³/mol. The smallest absolute Gasteiger partial charge is 0.123 e. The number of benzene rings is 3. The second kappa shape index (κ2) is 12.6. The highest BCUT2D eigenvalue weighted by Crippen LogP contribution is 2.39. The molecule has 0 aliphatic carbocycles. The van der Waals surface area contributed by atoms with Gasteiger partial charge in [-0.15, -0.1) is 35.3 Å². The minimum absolute atomic E-state index is 0.0933.